The summed E-state index contributed by atoms with van der Waals surface area (Å²) in [5.74, 6) is -0.485. The molecule has 0 radical (unpaired) electrons. The van der Waals surface area contributed by atoms with Gasteiger partial charge in [-0.25, -0.2) is 9.55 Å². The Bertz CT molecular complexity index is 1350. The van der Waals surface area contributed by atoms with Crippen LogP contribution in [-0.2, 0) is 23.4 Å². The average Bonchev–Trinajstić information content (AvgIpc) is 3.41. The summed E-state index contributed by atoms with van der Waals surface area (Å²) in [6.45, 7) is 4.51. The van der Waals surface area contributed by atoms with E-state index in [4.69, 9.17) is 24.3 Å². The Balaban J connectivity index is 1.48. The minimum Gasteiger partial charge on any atom is -0.462 e. The first-order valence-electron chi connectivity index (χ1n) is 11.6. The molecule has 3 aromatic rings. The number of H-pyrrole nitrogens is 1. The van der Waals surface area contributed by atoms with Gasteiger partial charge >= 0.3 is 13.7 Å². The number of hydrogen-bond donors (Lipinski definition) is 4. The summed E-state index contributed by atoms with van der Waals surface area (Å²) in [6.07, 6.45) is -1.58. The molecule has 1 aromatic carbocycles. The second-order valence-electron chi connectivity index (χ2n) is 8.74. The maximum absolute atomic E-state index is 13.6. The summed E-state index contributed by atoms with van der Waals surface area (Å²) in [5.41, 5.74) is 5.41. The molecule has 1 saturated heterocycles. The molecular formula is C22H29N6O8P. The predicted octanol–water partition coefficient (Wildman–Crippen LogP) is 1.48. The van der Waals surface area contributed by atoms with Crippen molar-refractivity contribution in [2.45, 2.75) is 57.8 Å². The Kier molecular flexibility index (Phi) is 7.95. The first-order chi connectivity index (χ1) is 17.5. The molecule has 200 valence electrons. The number of nitrogens with zero attached hydrogens (tertiary/aromatic N) is 3. The molecule has 14 nitrogen and oxygen atoms in total. The van der Waals surface area contributed by atoms with Gasteiger partial charge in [-0.2, -0.15) is 10.1 Å². The number of hydrogen-bond acceptors (Lipinski definition) is 11. The highest BCUT2D eigenvalue weighted by atomic mass is 31.2. The number of imidazole rings is 1. The quantitative estimate of drug-likeness (QED) is 0.216. The number of anilines is 1. The van der Waals surface area contributed by atoms with Crippen LogP contribution in [0.25, 0.3) is 11.2 Å². The van der Waals surface area contributed by atoms with Gasteiger partial charge in [0.25, 0.3) is 5.56 Å². The first-order valence-corrected chi connectivity index (χ1v) is 13.1. The van der Waals surface area contributed by atoms with Gasteiger partial charge in [0.1, 0.15) is 24.1 Å². The smallest absolute Gasteiger partial charge is 0.459 e. The monoisotopic (exact) mass is 536 g/mol. The maximum atomic E-state index is 13.6. The van der Waals surface area contributed by atoms with Crippen molar-refractivity contribution in [1.29, 1.82) is 0 Å². The van der Waals surface area contributed by atoms with Crippen LogP contribution in [0.4, 0.5) is 5.95 Å². The van der Waals surface area contributed by atoms with Crippen molar-refractivity contribution >= 4 is 30.8 Å². The Labute approximate surface area is 211 Å². The third kappa shape index (κ3) is 6.35. The van der Waals surface area contributed by atoms with E-state index in [0.717, 1.165) is 0 Å². The number of esters is 1. The molecule has 0 spiro atoms. The number of nitrogen functional groups attached to an aromatic ring is 1. The van der Waals surface area contributed by atoms with E-state index in [1.165, 1.54) is 17.8 Å². The molecule has 0 amide bonds. The molecule has 0 saturated carbocycles. The fourth-order valence-electron chi connectivity index (χ4n) is 3.70. The van der Waals surface area contributed by atoms with Crippen LogP contribution in [-0.4, -0.2) is 61.6 Å². The SMILES string of the molecule is CC(C)OC(=O)[C@H](C)NP(=O)(OC[C@H]1O[C@@H](n2cnc3c(=O)[nH]c(N)nc32)C[C@@H]1O)Oc1ccccc1. The molecule has 5 atom stereocenters. The van der Waals surface area contributed by atoms with Gasteiger partial charge in [0, 0.05) is 6.42 Å². The molecule has 1 unspecified atom stereocenters. The third-order valence-electron chi connectivity index (χ3n) is 5.40. The zero-order valence-corrected chi connectivity index (χ0v) is 21.3. The highest BCUT2D eigenvalue weighted by molar-refractivity contribution is 7.52. The topological polar surface area (TPSA) is 193 Å². The molecule has 2 aromatic heterocycles. The number of para-hydroxylation sites is 1. The van der Waals surface area contributed by atoms with Gasteiger partial charge in [0.2, 0.25) is 5.95 Å². The number of rotatable bonds is 10. The zero-order chi connectivity index (χ0) is 26.7. The second-order valence-corrected chi connectivity index (χ2v) is 10.4. The number of carbonyl (C=O) groups is 1. The molecule has 4 rings (SSSR count). The number of aliphatic hydroxyl groups is 1. The van der Waals surface area contributed by atoms with Gasteiger partial charge in [-0.3, -0.25) is 23.7 Å². The molecule has 5 N–H and O–H groups in total. The van der Waals surface area contributed by atoms with Crippen molar-refractivity contribution in [3.05, 3.63) is 47.0 Å². The molecular weight excluding hydrogens is 507 g/mol. The van der Waals surface area contributed by atoms with Crippen LogP contribution < -0.4 is 20.9 Å². The lowest BCUT2D eigenvalue weighted by atomic mass is 10.2. The minimum atomic E-state index is -4.14. The Hall–Kier alpha value is -3.29. The van der Waals surface area contributed by atoms with Crippen LogP contribution in [0, 0.1) is 0 Å². The van der Waals surface area contributed by atoms with Crippen LogP contribution in [0.3, 0.4) is 0 Å². The van der Waals surface area contributed by atoms with Crippen molar-refractivity contribution in [2.24, 2.45) is 0 Å². The van der Waals surface area contributed by atoms with E-state index in [-0.39, 0.29) is 42.0 Å². The molecule has 0 aliphatic carbocycles. The van der Waals surface area contributed by atoms with E-state index >= 15 is 0 Å². The normalized spacial score (nSPS) is 22.1. The predicted molar refractivity (Wildman–Crippen MR) is 132 cm³/mol. The van der Waals surface area contributed by atoms with Crippen LogP contribution >= 0.6 is 7.75 Å². The minimum absolute atomic E-state index is 0.0687. The third-order valence-corrected chi connectivity index (χ3v) is 7.04. The van der Waals surface area contributed by atoms with Crippen molar-refractivity contribution < 1.29 is 33.0 Å². The number of benzene rings is 1. The summed E-state index contributed by atoms with van der Waals surface area (Å²) in [6, 6.07) is 7.27. The second kappa shape index (κ2) is 11.0. The number of ether oxygens (including phenoxy) is 2. The highest BCUT2D eigenvalue weighted by Crippen LogP contribution is 2.46. The van der Waals surface area contributed by atoms with Crippen LogP contribution in [0.1, 0.15) is 33.4 Å². The Morgan fingerprint density at radius 3 is 2.78 bits per heavy atom. The molecule has 1 fully saturated rings. The lowest BCUT2D eigenvalue weighted by molar-refractivity contribution is -0.149. The fourth-order valence-corrected chi connectivity index (χ4v) is 5.20. The van der Waals surface area contributed by atoms with Crippen molar-refractivity contribution in [3.63, 3.8) is 0 Å². The van der Waals surface area contributed by atoms with Gasteiger partial charge in [-0.15, -0.1) is 0 Å². The summed E-state index contributed by atoms with van der Waals surface area (Å²) in [7, 11) is -4.14. The number of aliphatic hydroxyl groups excluding tert-OH is 1. The van der Waals surface area contributed by atoms with Crippen molar-refractivity contribution in [1.82, 2.24) is 24.6 Å². The number of nitrogens with two attached hydrogens (primary N) is 1. The Morgan fingerprint density at radius 2 is 2.08 bits per heavy atom. The fraction of sp³-hybridized carbons (Fsp3) is 0.455. The van der Waals surface area contributed by atoms with E-state index in [0.29, 0.717) is 0 Å². The van der Waals surface area contributed by atoms with E-state index < -0.39 is 43.8 Å². The van der Waals surface area contributed by atoms with Gasteiger partial charge < -0.3 is 24.8 Å². The van der Waals surface area contributed by atoms with E-state index in [1.807, 2.05) is 0 Å². The van der Waals surface area contributed by atoms with E-state index in [2.05, 4.69) is 20.0 Å². The van der Waals surface area contributed by atoms with Gasteiger partial charge in [-0.05, 0) is 32.9 Å². The van der Waals surface area contributed by atoms with Gasteiger partial charge in [-0.1, -0.05) is 18.2 Å². The number of nitrogens with one attached hydrogen (secondary N) is 2. The van der Waals surface area contributed by atoms with Crippen molar-refractivity contribution in [3.8, 4) is 5.75 Å². The molecule has 15 heteroatoms. The summed E-state index contributed by atoms with van der Waals surface area (Å²) in [4.78, 5) is 34.9. The number of carbonyl (C=O) groups excluding carboxylic acids is 1. The van der Waals surface area contributed by atoms with Crippen LogP contribution in [0.15, 0.2) is 41.5 Å². The maximum Gasteiger partial charge on any atom is 0.459 e. The largest absolute Gasteiger partial charge is 0.462 e. The van der Waals surface area contributed by atoms with Gasteiger partial charge in [0.05, 0.1) is 25.1 Å². The van der Waals surface area contributed by atoms with Crippen LogP contribution in [0.5, 0.6) is 5.75 Å². The Morgan fingerprint density at radius 1 is 1.35 bits per heavy atom. The summed E-state index contributed by atoms with van der Waals surface area (Å²) >= 11 is 0. The highest BCUT2D eigenvalue weighted by Gasteiger charge is 2.40. The average molecular weight is 536 g/mol. The number of fused-ring (bicyclic) bond motifs is 1. The first kappa shape index (κ1) is 26.8. The lowest BCUT2D eigenvalue weighted by Gasteiger charge is -2.25. The summed E-state index contributed by atoms with van der Waals surface area (Å²) in [5, 5.41) is 13.2. The molecule has 1 aliphatic heterocycles. The number of aromatic amines is 1. The molecule has 1 aliphatic rings. The van der Waals surface area contributed by atoms with Crippen LogP contribution in [0.2, 0.25) is 0 Å². The summed E-state index contributed by atoms with van der Waals surface area (Å²) < 4.78 is 37.4. The molecule has 3 heterocycles. The van der Waals surface area contributed by atoms with Crippen molar-refractivity contribution in [2.75, 3.05) is 12.3 Å². The van der Waals surface area contributed by atoms with Gasteiger partial charge in [0.15, 0.2) is 11.2 Å². The number of aromatic nitrogens is 4. The van der Waals surface area contributed by atoms with E-state index in [9.17, 15) is 19.3 Å². The van der Waals surface area contributed by atoms with E-state index in [1.54, 1.807) is 44.2 Å². The standard InChI is InChI=1S/C22H29N6O8P/c1-12(2)34-21(31)13(3)27-37(32,36-14-7-5-4-6-8-14)33-10-16-15(29)9-17(35-16)28-11-24-18-19(28)25-22(23)26-20(18)30/h4-8,11-13,15-17,29H,9-10H2,1-3H3,(H,27,32)(H3,23,25,26,30)/t13-,15-,16+,17+,37?/m0/s1. The molecule has 0 bridgehead atoms. The lowest BCUT2D eigenvalue weighted by Crippen LogP contribution is -2.37. The zero-order valence-electron chi connectivity index (χ0n) is 20.4. The molecule has 37 heavy (non-hydrogen) atoms.